The second-order valence-corrected chi connectivity index (χ2v) is 4.36. The molecule has 5 nitrogen and oxygen atoms in total. The van der Waals surface area contributed by atoms with Gasteiger partial charge in [-0.1, -0.05) is 13.3 Å². The maximum atomic E-state index is 12.0. The molecule has 0 bridgehead atoms. The first-order valence-electron chi connectivity index (χ1n) is 5.50. The van der Waals surface area contributed by atoms with Gasteiger partial charge in [0.2, 0.25) is 5.91 Å². The molecule has 0 aromatic carbocycles. The average Bonchev–Trinajstić information content (AvgIpc) is 2.69. The van der Waals surface area contributed by atoms with Gasteiger partial charge in [-0.25, -0.2) is 4.98 Å². The van der Waals surface area contributed by atoms with Crippen molar-refractivity contribution in [3.05, 3.63) is 18.2 Å². The van der Waals surface area contributed by atoms with Crippen molar-refractivity contribution >= 4 is 5.91 Å². The van der Waals surface area contributed by atoms with E-state index in [0.29, 0.717) is 13.0 Å². The predicted molar refractivity (Wildman–Crippen MR) is 62.6 cm³/mol. The van der Waals surface area contributed by atoms with E-state index in [9.17, 15) is 4.79 Å². The van der Waals surface area contributed by atoms with Crippen LogP contribution in [0.5, 0.6) is 0 Å². The van der Waals surface area contributed by atoms with Crippen molar-refractivity contribution in [1.82, 2.24) is 14.9 Å². The number of nitrogens with one attached hydrogen (secondary N) is 1. The number of imidazole rings is 1. The molecule has 0 radical (unpaired) electrons. The van der Waals surface area contributed by atoms with Gasteiger partial charge in [-0.05, 0) is 13.3 Å². The highest BCUT2D eigenvalue weighted by Crippen LogP contribution is 2.12. The number of nitrogens with two attached hydrogens (primary N) is 1. The van der Waals surface area contributed by atoms with Crippen LogP contribution in [-0.2, 0) is 11.3 Å². The summed E-state index contributed by atoms with van der Waals surface area (Å²) in [6, 6.07) is 0. The molecule has 16 heavy (non-hydrogen) atoms. The summed E-state index contributed by atoms with van der Waals surface area (Å²) in [5.41, 5.74) is 5.20. The molecule has 1 unspecified atom stereocenters. The van der Waals surface area contributed by atoms with E-state index in [2.05, 4.69) is 9.97 Å². The Morgan fingerprint density at radius 2 is 2.38 bits per heavy atom. The fourth-order valence-electron chi connectivity index (χ4n) is 1.74. The van der Waals surface area contributed by atoms with E-state index in [0.717, 1.165) is 12.2 Å². The van der Waals surface area contributed by atoms with Crippen LogP contribution in [0.3, 0.4) is 0 Å². The van der Waals surface area contributed by atoms with Gasteiger partial charge < -0.3 is 15.6 Å². The number of hydrogen-bond donors (Lipinski definition) is 2. The lowest BCUT2D eigenvalue weighted by molar-refractivity contribution is -0.136. The Hall–Kier alpha value is -1.36. The predicted octanol–water partition coefficient (Wildman–Crippen LogP) is 0.886. The van der Waals surface area contributed by atoms with E-state index in [-0.39, 0.29) is 5.91 Å². The molecule has 0 saturated heterocycles. The summed E-state index contributed by atoms with van der Waals surface area (Å²) in [7, 11) is 1.74. The van der Waals surface area contributed by atoms with Crippen LogP contribution in [-0.4, -0.2) is 33.4 Å². The Morgan fingerprint density at radius 1 is 1.69 bits per heavy atom. The lowest BCUT2D eigenvalue weighted by Crippen LogP contribution is -2.51. The molecular formula is C11H20N4O. The van der Waals surface area contributed by atoms with Gasteiger partial charge in [0.1, 0.15) is 5.82 Å². The minimum absolute atomic E-state index is 0.0502. The zero-order valence-electron chi connectivity index (χ0n) is 10.2. The molecule has 0 saturated carbocycles. The Balaban J connectivity index is 2.60. The Kier molecular flexibility index (Phi) is 4.06. The average molecular weight is 224 g/mol. The first-order valence-corrected chi connectivity index (χ1v) is 5.50. The number of aromatic amines is 1. The van der Waals surface area contributed by atoms with Gasteiger partial charge >= 0.3 is 0 Å². The largest absolute Gasteiger partial charge is 0.347 e. The Bertz CT molecular complexity index is 332. The number of carbonyl (C=O) groups excluding carboxylic acids is 1. The number of nitrogens with zero attached hydrogens (tertiary/aromatic N) is 2. The molecule has 0 aliphatic carbocycles. The van der Waals surface area contributed by atoms with Gasteiger partial charge in [0.05, 0.1) is 12.1 Å². The molecular weight excluding hydrogens is 204 g/mol. The fourth-order valence-corrected chi connectivity index (χ4v) is 1.74. The van der Waals surface area contributed by atoms with Crippen molar-refractivity contribution in [1.29, 1.82) is 0 Å². The van der Waals surface area contributed by atoms with Crippen molar-refractivity contribution in [3.63, 3.8) is 0 Å². The molecule has 0 fully saturated rings. The lowest BCUT2D eigenvalue weighted by atomic mass is 9.96. The summed E-state index contributed by atoms with van der Waals surface area (Å²) in [6.07, 6.45) is 4.99. The SMILES string of the molecule is CCCC(C)(N)C(=O)N(C)Cc1ncc[nH]1. The molecule has 1 amide bonds. The zero-order valence-corrected chi connectivity index (χ0v) is 10.2. The van der Waals surface area contributed by atoms with Crippen LogP contribution in [0.25, 0.3) is 0 Å². The monoisotopic (exact) mass is 224 g/mol. The molecule has 0 aliphatic rings. The molecule has 0 spiro atoms. The van der Waals surface area contributed by atoms with E-state index in [4.69, 9.17) is 5.73 Å². The quantitative estimate of drug-likeness (QED) is 0.779. The first-order chi connectivity index (χ1) is 7.47. The van der Waals surface area contributed by atoms with Crippen LogP contribution in [0.2, 0.25) is 0 Å². The van der Waals surface area contributed by atoms with Gasteiger partial charge in [0.25, 0.3) is 0 Å². The summed E-state index contributed by atoms with van der Waals surface area (Å²) >= 11 is 0. The third kappa shape index (κ3) is 3.06. The number of H-pyrrole nitrogens is 1. The molecule has 5 heteroatoms. The maximum absolute atomic E-state index is 12.0. The molecule has 1 rings (SSSR count). The van der Waals surface area contributed by atoms with E-state index < -0.39 is 5.54 Å². The number of likely N-dealkylation sites (N-methyl/N-ethyl adjacent to an activating group) is 1. The van der Waals surface area contributed by atoms with Crippen LogP contribution in [0, 0.1) is 0 Å². The van der Waals surface area contributed by atoms with Crippen molar-refractivity contribution in [2.75, 3.05) is 7.05 Å². The molecule has 3 N–H and O–H groups in total. The molecule has 1 aromatic heterocycles. The topological polar surface area (TPSA) is 75.0 Å². The highest BCUT2D eigenvalue weighted by Gasteiger charge is 2.30. The van der Waals surface area contributed by atoms with Crippen molar-refractivity contribution in [2.24, 2.45) is 5.73 Å². The van der Waals surface area contributed by atoms with E-state index >= 15 is 0 Å². The highest BCUT2D eigenvalue weighted by atomic mass is 16.2. The minimum atomic E-state index is -0.782. The van der Waals surface area contributed by atoms with Crippen LogP contribution in [0.4, 0.5) is 0 Å². The summed E-state index contributed by atoms with van der Waals surface area (Å²) in [5, 5.41) is 0. The fraction of sp³-hybridized carbons (Fsp3) is 0.636. The van der Waals surface area contributed by atoms with Crippen LogP contribution in [0.1, 0.15) is 32.5 Å². The molecule has 1 heterocycles. The maximum Gasteiger partial charge on any atom is 0.242 e. The van der Waals surface area contributed by atoms with Crippen molar-refractivity contribution < 1.29 is 4.79 Å². The van der Waals surface area contributed by atoms with E-state index in [1.165, 1.54) is 0 Å². The van der Waals surface area contributed by atoms with Crippen LogP contribution >= 0.6 is 0 Å². The summed E-state index contributed by atoms with van der Waals surface area (Å²) in [6.45, 7) is 4.25. The second-order valence-electron chi connectivity index (χ2n) is 4.36. The third-order valence-corrected chi connectivity index (χ3v) is 2.55. The minimum Gasteiger partial charge on any atom is -0.347 e. The molecule has 0 aliphatic heterocycles. The van der Waals surface area contributed by atoms with E-state index in [1.54, 1.807) is 31.3 Å². The van der Waals surface area contributed by atoms with Crippen LogP contribution in [0.15, 0.2) is 12.4 Å². The third-order valence-electron chi connectivity index (χ3n) is 2.55. The van der Waals surface area contributed by atoms with Gasteiger partial charge in [0, 0.05) is 19.4 Å². The van der Waals surface area contributed by atoms with Crippen molar-refractivity contribution in [2.45, 2.75) is 38.8 Å². The number of amides is 1. The molecule has 90 valence electrons. The molecule has 1 atom stereocenters. The number of hydrogen-bond acceptors (Lipinski definition) is 3. The molecule has 1 aromatic rings. The lowest BCUT2D eigenvalue weighted by Gasteiger charge is -2.28. The zero-order chi connectivity index (χ0) is 12.2. The van der Waals surface area contributed by atoms with Gasteiger partial charge in [-0.2, -0.15) is 0 Å². The van der Waals surface area contributed by atoms with Gasteiger partial charge in [-0.3, -0.25) is 4.79 Å². The van der Waals surface area contributed by atoms with Gasteiger partial charge in [0.15, 0.2) is 0 Å². The number of aromatic nitrogens is 2. The smallest absolute Gasteiger partial charge is 0.242 e. The number of rotatable bonds is 5. The number of carbonyl (C=O) groups is 1. The van der Waals surface area contributed by atoms with Gasteiger partial charge in [-0.15, -0.1) is 0 Å². The van der Waals surface area contributed by atoms with Crippen LogP contribution < -0.4 is 5.73 Å². The normalized spacial score (nSPS) is 14.5. The Labute approximate surface area is 96.0 Å². The highest BCUT2D eigenvalue weighted by molar-refractivity contribution is 5.85. The standard InChI is InChI=1S/C11H20N4O/c1-4-5-11(2,12)10(16)15(3)8-9-13-6-7-14-9/h6-7H,4-5,8,12H2,1-3H3,(H,13,14). The summed E-state index contributed by atoms with van der Waals surface area (Å²) < 4.78 is 0. The summed E-state index contributed by atoms with van der Waals surface area (Å²) in [5.74, 6) is 0.717. The Morgan fingerprint density at radius 3 is 2.88 bits per heavy atom. The van der Waals surface area contributed by atoms with E-state index in [1.807, 2.05) is 6.92 Å². The van der Waals surface area contributed by atoms with Crippen molar-refractivity contribution in [3.8, 4) is 0 Å². The first kappa shape index (κ1) is 12.7. The second kappa shape index (κ2) is 5.12. The summed E-state index contributed by atoms with van der Waals surface area (Å²) in [4.78, 5) is 20.7.